The Morgan fingerprint density at radius 3 is 2.23 bits per heavy atom. The van der Waals surface area contributed by atoms with Crippen molar-refractivity contribution < 1.29 is 14.3 Å². The first kappa shape index (κ1) is 22.4. The van der Waals surface area contributed by atoms with Crippen LogP contribution in [0, 0.1) is 0 Å². The number of fused-ring (bicyclic) bond motifs is 2. The first-order chi connectivity index (χ1) is 17.2. The number of hydrogen-bond acceptors (Lipinski definition) is 6. The van der Waals surface area contributed by atoms with Crippen molar-refractivity contribution in [2.45, 2.75) is 26.2 Å². The Morgan fingerprint density at radius 1 is 0.857 bits per heavy atom. The van der Waals surface area contributed by atoms with Crippen LogP contribution in [0.25, 0.3) is 27.9 Å². The SMILES string of the molecule is CCCCCOC(=O)c1c(N)n(-c2ccc(Oc3ccccc3)cc2)c2nc3ccccc3nc12. The van der Waals surface area contributed by atoms with Gasteiger partial charge in [-0.15, -0.1) is 0 Å². The summed E-state index contributed by atoms with van der Waals surface area (Å²) in [5.41, 5.74) is 9.85. The first-order valence-electron chi connectivity index (χ1n) is 11.7. The topological polar surface area (TPSA) is 92.3 Å². The molecule has 0 saturated carbocycles. The molecule has 0 aliphatic rings. The van der Waals surface area contributed by atoms with Gasteiger partial charge in [0.2, 0.25) is 0 Å². The van der Waals surface area contributed by atoms with Crippen LogP contribution in [0.4, 0.5) is 5.82 Å². The minimum Gasteiger partial charge on any atom is -0.462 e. The van der Waals surface area contributed by atoms with E-state index in [2.05, 4.69) is 6.92 Å². The van der Waals surface area contributed by atoms with Gasteiger partial charge >= 0.3 is 5.97 Å². The molecule has 0 bridgehead atoms. The van der Waals surface area contributed by atoms with Crippen molar-refractivity contribution in [3.63, 3.8) is 0 Å². The van der Waals surface area contributed by atoms with Crippen LogP contribution in [-0.4, -0.2) is 27.1 Å². The van der Waals surface area contributed by atoms with Crippen molar-refractivity contribution in [1.29, 1.82) is 0 Å². The zero-order valence-electron chi connectivity index (χ0n) is 19.5. The number of hydrogen-bond donors (Lipinski definition) is 1. The van der Waals surface area contributed by atoms with Gasteiger partial charge < -0.3 is 15.2 Å². The van der Waals surface area contributed by atoms with Crippen LogP contribution in [0.1, 0.15) is 36.5 Å². The number of nitrogen functional groups attached to an aromatic ring is 1. The molecule has 7 heteroatoms. The maximum absolute atomic E-state index is 13.1. The van der Waals surface area contributed by atoms with E-state index in [1.54, 1.807) is 4.57 Å². The summed E-state index contributed by atoms with van der Waals surface area (Å²) in [7, 11) is 0. The molecule has 0 spiro atoms. The van der Waals surface area contributed by atoms with E-state index in [0.29, 0.717) is 34.6 Å². The van der Waals surface area contributed by atoms with Crippen molar-refractivity contribution in [3.8, 4) is 17.2 Å². The Labute approximate surface area is 203 Å². The van der Waals surface area contributed by atoms with Crippen LogP contribution in [-0.2, 0) is 4.74 Å². The van der Waals surface area contributed by atoms with Crippen LogP contribution >= 0.6 is 0 Å². The number of unbranched alkanes of at least 4 members (excludes halogenated alkanes) is 2. The second-order valence-corrected chi connectivity index (χ2v) is 8.23. The highest BCUT2D eigenvalue weighted by atomic mass is 16.5. The molecule has 5 aromatic rings. The molecule has 0 aliphatic carbocycles. The Balaban J connectivity index is 1.57. The summed E-state index contributed by atoms with van der Waals surface area (Å²) >= 11 is 0. The highest BCUT2D eigenvalue weighted by Crippen LogP contribution is 2.32. The maximum Gasteiger partial charge on any atom is 0.344 e. The number of carbonyl (C=O) groups is 1. The predicted octanol–water partition coefficient (Wildman–Crippen LogP) is 6.30. The Morgan fingerprint density at radius 2 is 1.51 bits per heavy atom. The van der Waals surface area contributed by atoms with Gasteiger partial charge in [-0.25, -0.2) is 14.8 Å². The van der Waals surface area contributed by atoms with Crippen molar-refractivity contribution >= 4 is 34.0 Å². The molecule has 0 amide bonds. The monoisotopic (exact) mass is 466 g/mol. The van der Waals surface area contributed by atoms with E-state index >= 15 is 0 Å². The Bertz CT molecular complexity index is 1480. The van der Waals surface area contributed by atoms with Crippen molar-refractivity contribution in [2.24, 2.45) is 0 Å². The van der Waals surface area contributed by atoms with Gasteiger partial charge in [0.05, 0.1) is 17.6 Å². The first-order valence-corrected chi connectivity index (χ1v) is 11.7. The molecule has 5 rings (SSSR count). The molecule has 0 unspecified atom stereocenters. The standard InChI is InChI=1S/C28H26N4O3/c1-2-3-9-18-34-28(33)24-25-27(31-23-13-8-7-12-22(23)30-25)32(26(24)29)19-14-16-21(17-15-19)35-20-10-5-4-6-11-20/h4-8,10-17H,2-3,9,18,29H2,1H3. The highest BCUT2D eigenvalue weighted by Gasteiger charge is 2.26. The number of rotatable bonds is 8. The number of para-hydroxylation sites is 3. The second-order valence-electron chi connectivity index (χ2n) is 8.23. The lowest BCUT2D eigenvalue weighted by molar-refractivity contribution is 0.0501. The predicted molar refractivity (Wildman–Crippen MR) is 137 cm³/mol. The maximum atomic E-state index is 13.1. The van der Waals surface area contributed by atoms with Gasteiger partial charge in [0.1, 0.15) is 28.4 Å². The summed E-state index contributed by atoms with van der Waals surface area (Å²) in [6.45, 7) is 2.44. The molecule has 2 N–H and O–H groups in total. The molecule has 176 valence electrons. The quantitative estimate of drug-likeness (QED) is 0.213. The molecule has 2 heterocycles. The minimum absolute atomic E-state index is 0.236. The number of carbonyl (C=O) groups excluding carboxylic acids is 1. The fraction of sp³-hybridized carbons (Fsp3) is 0.179. The number of nitrogens with zero attached hydrogens (tertiary/aromatic N) is 3. The molecule has 7 nitrogen and oxygen atoms in total. The van der Waals surface area contributed by atoms with Gasteiger partial charge in [-0.1, -0.05) is 50.1 Å². The van der Waals surface area contributed by atoms with E-state index in [0.717, 1.165) is 30.7 Å². The van der Waals surface area contributed by atoms with E-state index in [-0.39, 0.29) is 11.4 Å². The van der Waals surface area contributed by atoms with Gasteiger partial charge in [0.15, 0.2) is 5.65 Å². The number of benzene rings is 3. The van der Waals surface area contributed by atoms with E-state index < -0.39 is 5.97 Å². The second kappa shape index (κ2) is 9.85. The third-order valence-corrected chi connectivity index (χ3v) is 5.76. The Kier molecular flexibility index (Phi) is 6.30. The molecule has 3 aromatic carbocycles. The number of aromatic nitrogens is 3. The average molecular weight is 467 g/mol. The molecule has 0 radical (unpaired) electrons. The zero-order chi connectivity index (χ0) is 24.2. The molecule has 0 fully saturated rings. The summed E-state index contributed by atoms with van der Waals surface area (Å²) in [5, 5.41) is 0. The van der Waals surface area contributed by atoms with Gasteiger partial charge in [0, 0.05) is 5.69 Å². The molecule has 0 aliphatic heterocycles. The minimum atomic E-state index is -0.490. The number of nitrogens with two attached hydrogens (primary N) is 1. The van der Waals surface area contributed by atoms with Crippen LogP contribution in [0.3, 0.4) is 0 Å². The van der Waals surface area contributed by atoms with Gasteiger partial charge in [0.25, 0.3) is 0 Å². The van der Waals surface area contributed by atoms with Gasteiger partial charge in [-0.2, -0.15) is 0 Å². The number of anilines is 1. The van der Waals surface area contributed by atoms with E-state index in [1.807, 2.05) is 78.9 Å². The lowest BCUT2D eigenvalue weighted by atomic mass is 10.2. The van der Waals surface area contributed by atoms with Crippen LogP contribution in [0.5, 0.6) is 11.5 Å². The van der Waals surface area contributed by atoms with Crippen molar-refractivity contribution in [3.05, 3.63) is 84.4 Å². The zero-order valence-corrected chi connectivity index (χ0v) is 19.5. The average Bonchev–Trinajstić information content (AvgIpc) is 3.17. The highest BCUT2D eigenvalue weighted by molar-refractivity contribution is 6.09. The molecular formula is C28H26N4O3. The summed E-state index contributed by atoms with van der Waals surface area (Å²) < 4.78 is 13.2. The van der Waals surface area contributed by atoms with E-state index in [1.165, 1.54) is 0 Å². The lowest BCUT2D eigenvalue weighted by Gasteiger charge is -2.10. The number of esters is 1. The fourth-order valence-corrected chi connectivity index (χ4v) is 4.00. The molecular weight excluding hydrogens is 440 g/mol. The summed E-state index contributed by atoms with van der Waals surface area (Å²) in [5.74, 6) is 1.18. The lowest BCUT2D eigenvalue weighted by Crippen LogP contribution is -2.10. The van der Waals surface area contributed by atoms with E-state index in [9.17, 15) is 4.79 Å². The molecule has 35 heavy (non-hydrogen) atoms. The summed E-state index contributed by atoms with van der Waals surface area (Å²) in [4.78, 5) is 22.6. The summed E-state index contributed by atoms with van der Waals surface area (Å²) in [6.07, 6.45) is 2.84. The Hall–Kier alpha value is -4.39. The normalized spacial score (nSPS) is 11.1. The van der Waals surface area contributed by atoms with Gasteiger partial charge in [-0.05, 0) is 55.0 Å². The smallest absolute Gasteiger partial charge is 0.344 e. The van der Waals surface area contributed by atoms with Crippen molar-refractivity contribution in [1.82, 2.24) is 14.5 Å². The van der Waals surface area contributed by atoms with Crippen LogP contribution in [0.2, 0.25) is 0 Å². The van der Waals surface area contributed by atoms with Crippen molar-refractivity contribution in [2.75, 3.05) is 12.3 Å². The fourth-order valence-electron chi connectivity index (χ4n) is 4.00. The molecule has 2 aromatic heterocycles. The van der Waals surface area contributed by atoms with Gasteiger partial charge in [-0.3, -0.25) is 4.57 Å². The van der Waals surface area contributed by atoms with Crippen LogP contribution in [0.15, 0.2) is 78.9 Å². The molecule has 0 atom stereocenters. The number of ether oxygens (including phenoxy) is 2. The van der Waals surface area contributed by atoms with E-state index in [4.69, 9.17) is 25.2 Å². The molecule has 0 saturated heterocycles. The summed E-state index contributed by atoms with van der Waals surface area (Å²) in [6, 6.07) is 24.6. The largest absolute Gasteiger partial charge is 0.462 e. The third kappa shape index (κ3) is 4.53. The third-order valence-electron chi connectivity index (χ3n) is 5.76. The van der Waals surface area contributed by atoms with Crippen LogP contribution < -0.4 is 10.5 Å².